The van der Waals surface area contributed by atoms with Crippen molar-refractivity contribution in [1.29, 1.82) is 0 Å². The molecule has 2 aromatic carbocycles. The number of likely N-dealkylation sites (tertiary alicyclic amines) is 1. The minimum atomic E-state index is 0.128. The first-order valence-corrected chi connectivity index (χ1v) is 10.4. The highest BCUT2D eigenvalue weighted by molar-refractivity contribution is 5.94. The van der Waals surface area contributed by atoms with Gasteiger partial charge in [0.15, 0.2) is 0 Å². The molecule has 30 heavy (non-hydrogen) atoms. The van der Waals surface area contributed by atoms with Crippen molar-refractivity contribution in [3.8, 4) is 11.1 Å². The Balaban J connectivity index is 1.33. The van der Waals surface area contributed by atoms with E-state index in [0.717, 1.165) is 52.7 Å². The van der Waals surface area contributed by atoms with Gasteiger partial charge < -0.3 is 4.90 Å². The number of amides is 1. The van der Waals surface area contributed by atoms with E-state index in [2.05, 4.69) is 45.1 Å². The van der Waals surface area contributed by atoms with Crippen molar-refractivity contribution >= 4 is 16.8 Å². The number of benzene rings is 2. The minimum absolute atomic E-state index is 0.128. The molecule has 5 rings (SSSR count). The van der Waals surface area contributed by atoms with Crippen molar-refractivity contribution in [1.82, 2.24) is 24.9 Å². The first-order valence-electron chi connectivity index (χ1n) is 10.4. The van der Waals surface area contributed by atoms with Crippen LogP contribution in [0.1, 0.15) is 29.3 Å². The Labute approximate surface area is 175 Å². The minimum Gasteiger partial charge on any atom is -0.336 e. The molecule has 4 aromatic rings. The molecule has 6 nitrogen and oxygen atoms in total. The Kier molecular flexibility index (Phi) is 4.62. The lowest BCUT2D eigenvalue weighted by Crippen LogP contribution is -2.34. The Morgan fingerprint density at radius 2 is 2.07 bits per heavy atom. The molecule has 1 N–H and O–H groups in total. The van der Waals surface area contributed by atoms with Gasteiger partial charge in [-0.3, -0.25) is 14.6 Å². The largest absolute Gasteiger partial charge is 0.336 e. The summed E-state index contributed by atoms with van der Waals surface area (Å²) >= 11 is 0. The van der Waals surface area contributed by atoms with Crippen LogP contribution in [0.4, 0.5) is 0 Å². The summed E-state index contributed by atoms with van der Waals surface area (Å²) in [5.41, 5.74) is 5.21. The monoisotopic (exact) mass is 399 g/mol. The lowest BCUT2D eigenvalue weighted by Gasteiger charge is -2.21. The second-order valence-electron chi connectivity index (χ2n) is 8.36. The smallest absolute Gasteiger partial charge is 0.254 e. The van der Waals surface area contributed by atoms with Gasteiger partial charge in [0.1, 0.15) is 0 Å². The summed E-state index contributed by atoms with van der Waals surface area (Å²) in [5.74, 6) is 0.522. The topological polar surface area (TPSA) is 66.8 Å². The average molecular weight is 399 g/mol. The van der Waals surface area contributed by atoms with E-state index < -0.39 is 0 Å². The van der Waals surface area contributed by atoms with Gasteiger partial charge in [0, 0.05) is 41.8 Å². The van der Waals surface area contributed by atoms with Crippen molar-refractivity contribution < 1.29 is 4.79 Å². The number of aromatic nitrogens is 4. The van der Waals surface area contributed by atoms with Crippen LogP contribution in [-0.2, 0) is 6.54 Å². The second-order valence-corrected chi connectivity index (χ2v) is 8.36. The Hall–Kier alpha value is -3.41. The predicted octanol–water partition coefficient (Wildman–Crippen LogP) is 4.29. The fourth-order valence-electron chi connectivity index (χ4n) is 4.57. The first kappa shape index (κ1) is 18.6. The van der Waals surface area contributed by atoms with E-state index in [-0.39, 0.29) is 11.9 Å². The van der Waals surface area contributed by atoms with E-state index in [9.17, 15) is 4.79 Å². The zero-order valence-electron chi connectivity index (χ0n) is 17.2. The van der Waals surface area contributed by atoms with Crippen LogP contribution in [0.5, 0.6) is 0 Å². The number of nitrogens with zero attached hydrogens (tertiary/aromatic N) is 4. The average Bonchev–Trinajstić information content (AvgIpc) is 3.48. The van der Waals surface area contributed by atoms with Gasteiger partial charge in [-0.25, -0.2) is 0 Å². The SMILES string of the molecule is Cc1cccc(C(=O)N2CC(Cn3ncc4cc(-c5cn[nH]c5)ccc43)C[C@@H]2C)c1. The third kappa shape index (κ3) is 3.38. The molecule has 6 heteroatoms. The van der Waals surface area contributed by atoms with E-state index in [1.54, 1.807) is 0 Å². The van der Waals surface area contributed by atoms with Gasteiger partial charge in [-0.1, -0.05) is 23.8 Å². The maximum absolute atomic E-state index is 13.0. The quantitative estimate of drug-likeness (QED) is 0.557. The van der Waals surface area contributed by atoms with Gasteiger partial charge in [-0.05, 0) is 56.0 Å². The second kappa shape index (κ2) is 7.44. The number of fused-ring (bicyclic) bond motifs is 1. The summed E-state index contributed by atoms with van der Waals surface area (Å²) < 4.78 is 2.08. The highest BCUT2D eigenvalue weighted by Gasteiger charge is 2.33. The molecule has 0 bridgehead atoms. The van der Waals surface area contributed by atoms with Crippen LogP contribution < -0.4 is 0 Å². The fourth-order valence-corrected chi connectivity index (χ4v) is 4.57. The molecule has 2 aromatic heterocycles. The summed E-state index contributed by atoms with van der Waals surface area (Å²) in [4.78, 5) is 15.0. The molecule has 3 heterocycles. The number of nitrogens with one attached hydrogen (secondary N) is 1. The zero-order chi connectivity index (χ0) is 20.7. The molecule has 1 aliphatic rings. The van der Waals surface area contributed by atoms with E-state index in [0.29, 0.717) is 5.92 Å². The summed E-state index contributed by atoms with van der Waals surface area (Å²) in [6.07, 6.45) is 6.63. The molecule has 0 aliphatic carbocycles. The van der Waals surface area contributed by atoms with Crippen LogP contribution in [0.3, 0.4) is 0 Å². The zero-order valence-corrected chi connectivity index (χ0v) is 17.2. The normalized spacial score (nSPS) is 18.9. The molecule has 1 saturated heterocycles. The molecule has 152 valence electrons. The molecule has 1 amide bonds. The van der Waals surface area contributed by atoms with E-state index in [1.165, 1.54) is 0 Å². The predicted molar refractivity (Wildman–Crippen MR) is 117 cm³/mol. The molecule has 1 aliphatic heterocycles. The third-order valence-corrected chi connectivity index (χ3v) is 6.09. The molecular weight excluding hydrogens is 374 g/mol. The van der Waals surface area contributed by atoms with E-state index >= 15 is 0 Å². The standard InChI is InChI=1S/C24H25N5O/c1-16-4-3-5-20(8-16)24(30)28-14-18(9-17(28)2)15-29-23-7-6-19(10-21(23)13-27-29)22-11-25-26-12-22/h3-8,10-13,17-18H,9,14-15H2,1-2H3,(H,25,26)/t17-,18?/m0/s1. The van der Waals surface area contributed by atoms with Crippen molar-refractivity contribution in [3.05, 3.63) is 72.2 Å². The number of hydrogen-bond donors (Lipinski definition) is 1. The first-order chi connectivity index (χ1) is 14.6. The lowest BCUT2D eigenvalue weighted by atomic mass is 10.1. The van der Waals surface area contributed by atoms with Crippen LogP contribution in [-0.4, -0.2) is 43.4 Å². The summed E-state index contributed by atoms with van der Waals surface area (Å²) in [6, 6.07) is 14.5. The molecule has 1 unspecified atom stereocenters. The van der Waals surface area contributed by atoms with Gasteiger partial charge >= 0.3 is 0 Å². The lowest BCUT2D eigenvalue weighted by molar-refractivity contribution is 0.0742. The van der Waals surface area contributed by atoms with Crippen molar-refractivity contribution in [2.24, 2.45) is 5.92 Å². The van der Waals surface area contributed by atoms with Crippen LogP contribution in [0.25, 0.3) is 22.0 Å². The number of aryl methyl sites for hydroxylation is 1. The van der Waals surface area contributed by atoms with E-state index in [1.807, 2.05) is 54.7 Å². The molecule has 0 spiro atoms. The number of rotatable bonds is 4. The van der Waals surface area contributed by atoms with Crippen LogP contribution >= 0.6 is 0 Å². The summed E-state index contributed by atoms with van der Waals surface area (Å²) in [5, 5.41) is 12.6. The van der Waals surface area contributed by atoms with Gasteiger partial charge in [-0.2, -0.15) is 10.2 Å². The Morgan fingerprint density at radius 1 is 1.17 bits per heavy atom. The summed E-state index contributed by atoms with van der Waals surface area (Å²) in [7, 11) is 0. The number of H-pyrrole nitrogens is 1. The Morgan fingerprint density at radius 3 is 2.87 bits per heavy atom. The van der Waals surface area contributed by atoms with Crippen molar-refractivity contribution in [2.75, 3.05) is 6.54 Å². The molecule has 0 saturated carbocycles. The van der Waals surface area contributed by atoms with Crippen LogP contribution in [0, 0.1) is 12.8 Å². The maximum atomic E-state index is 13.0. The number of carbonyl (C=O) groups is 1. The number of aromatic amines is 1. The maximum Gasteiger partial charge on any atom is 0.254 e. The highest BCUT2D eigenvalue weighted by Crippen LogP contribution is 2.28. The molecular formula is C24H25N5O. The van der Waals surface area contributed by atoms with Crippen LogP contribution in [0.2, 0.25) is 0 Å². The number of carbonyl (C=O) groups excluding carboxylic acids is 1. The number of hydrogen-bond acceptors (Lipinski definition) is 3. The van der Waals surface area contributed by atoms with Crippen molar-refractivity contribution in [2.45, 2.75) is 32.9 Å². The molecule has 1 fully saturated rings. The van der Waals surface area contributed by atoms with Gasteiger partial charge in [0.2, 0.25) is 0 Å². The third-order valence-electron chi connectivity index (χ3n) is 6.09. The Bertz CT molecular complexity index is 1190. The molecule has 2 atom stereocenters. The highest BCUT2D eigenvalue weighted by atomic mass is 16.2. The summed E-state index contributed by atoms with van der Waals surface area (Å²) in [6.45, 7) is 5.75. The van der Waals surface area contributed by atoms with Gasteiger partial charge in [0.25, 0.3) is 5.91 Å². The fraction of sp³-hybridized carbons (Fsp3) is 0.292. The van der Waals surface area contributed by atoms with Crippen LogP contribution in [0.15, 0.2) is 61.1 Å². The van der Waals surface area contributed by atoms with Gasteiger partial charge in [0.05, 0.1) is 17.9 Å². The molecule has 0 radical (unpaired) electrons. The van der Waals surface area contributed by atoms with Gasteiger partial charge in [-0.15, -0.1) is 0 Å². The van der Waals surface area contributed by atoms with E-state index in [4.69, 9.17) is 0 Å². The van der Waals surface area contributed by atoms with Crippen molar-refractivity contribution in [3.63, 3.8) is 0 Å².